The lowest BCUT2D eigenvalue weighted by Gasteiger charge is -2.11. The van der Waals surface area contributed by atoms with E-state index in [0.717, 1.165) is 22.6 Å². The Morgan fingerprint density at radius 1 is 0.968 bits per heavy atom. The van der Waals surface area contributed by atoms with Crippen molar-refractivity contribution in [3.05, 3.63) is 82.7 Å². The number of amides is 2. The molecule has 7 nitrogen and oxygen atoms in total. The van der Waals surface area contributed by atoms with Crippen molar-refractivity contribution in [2.24, 2.45) is 0 Å². The van der Waals surface area contributed by atoms with Crippen molar-refractivity contribution in [2.75, 3.05) is 19.0 Å². The first-order chi connectivity index (χ1) is 14.8. The number of esters is 1. The Kier molecular flexibility index (Phi) is 6.55. The summed E-state index contributed by atoms with van der Waals surface area (Å²) in [5, 5.41) is 5.15. The molecule has 3 rings (SSSR count). The third-order valence-corrected chi connectivity index (χ3v) is 4.88. The molecule has 0 aliphatic heterocycles. The van der Waals surface area contributed by atoms with E-state index in [1.165, 1.54) is 7.05 Å². The maximum atomic E-state index is 12.6. The summed E-state index contributed by atoms with van der Waals surface area (Å²) < 4.78 is 7.21. The molecule has 7 heteroatoms. The van der Waals surface area contributed by atoms with E-state index in [9.17, 15) is 14.4 Å². The Bertz CT molecular complexity index is 1150. The van der Waals surface area contributed by atoms with E-state index >= 15 is 0 Å². The zero-order valence-electron chi connectivity index (χ0n) is 18.0. The molecule has 160 valence electrons. The molecule has 2 amide bonds. The topological polar surface area (TPSA) is 89.4 Å². The third-order valence-electron chi connectivity index (χ3n) is 4.88. The average Bonchev–Trinajstić information content (AvgIpc) is 3.05. The first kappa shape index (κ1) is 21.8. The van der Waals surface area contributed by atoms with Crippen LogP contribution in [0.2, 0.25) is 0 Å². The largest absolute Gasteiger partial charge is 0.452 e. The molecule has 0 unspecified atom stereocenters. The van der Waals surface area contributed by atoms with Gasteiger partial charge in [0.05, 0.1) is 5.56 Å². The molecule has 2 aromatic carbocycles. The first-order valence-electron chi connectivity index (χ1n) is 9.85. The molecule has 0 saturated heterocycles. The number of ether oxygens (including phenoxy) is 1. The van der Waals surface area contributed by atoms with Crippen molar-refractivity contribution < 1.29 is 19.1 Å². The van der Waals surface area contributed by atoms with Crippen molar-refractivity contribution in [2.45, 2.75) is 20.8 Å². The van der Waals surface area contributed by atoms with Crippen LogP contribution in [0.15, 0.2) is 54.6 Å². The summed E-state index contributed by atoms with van der Waals surface area (Å²) in [5.41, 5.74) is 4.99. The van der Waals surface area contributed by atoms with Gasteiger partial charge in [-0.3, -0.25) is 9.59 Å². The van der Waals surface area contributed by atoms with Crippen LogP contribution >= 0.6 is 0 Å². The quantitative estimate of drug-likeness (QED) is 0.598. The van der Waals surface area contributed by atoms with Crippen LogP contribution < -0.4 is 10.6 Å². The lowest BCUT2D eigenvalue weighted by molar-refractivity contribution is -0.119. The van der Waals surface area contributed by atoms with Gasteiger partial charge in [-0.25, -0.2) is 4.79 Å². The molecule has 2 N–H and O–H groups in total. The molecule has 0 aliphatic rings. The molecule has 3 aromatic rings. The number of nitrogens with zero attached hydrogens (tertiary/aromatic N) is 1. The summed E-state index contributed by atoms with van der Waals surface area (Å²) >= 11 is 0. The zero-order chi connectivity index (χ0) is 22.5. The number of nitrogens with one attached hydrogen (secondary N) is 2. The Morgan fingerprint density at radius 3 is 2.42 bits per heavy atom. The molecule has 0 aliphatic carbocycles. The van der Waals surface area contributed by atoms with Gasteiger partial charge in [0.25, 0.3) is 11.8 Å². The van der Waals surface area contributed by atoms with E-state index in [0.29, 0.717) is 16.8 Å². The molecule has 0 atom stereocenters. The molecule has 0 bridgehead atoms. The van der Waals surface area contributed by atoms with Crippen molar-refractivity contribution >= 4 is 23.5 Å². The third kappa shape index (κ3) is 5.01. The van der Waals surface area contributed by atoms with E-state index in [1.807, 2.05) is 49.6 Å². The summed E-state index contributed by atoms with van der Waals surface area (Å²) in [6, 6.07) is 16.2. The van der Waals surface area contributed by atoms with Crippen LogP contribution in [-0.2, 0) is 9.53 Å². The van der Waals surface area contributed by atoms with Crippen molar-refractivity contribution in [1.82, 2.24) is 9.88 Å². The average molecular weight is 419 g/mol. The highest BCUT2D eigenvalue weighted by Gasteiger charge is 2.19. The van der Waals surface area contributed by atoms with Gasteiger partial charge in [-0.05, 0) is 62.7 Å². The maximum Gasteiger partial charge on any atom is 0.340 e. The van der Waals surface area contributed by atoms with Crippen LogP contribution in [0.3, 0.4) is 0 Å². The highest BCUT2D eigenvalue weighted by atomic mass is 16.5. The Balaban J connectivity index is 1.67. The highest BCUT2D eigenvalue weighted by Crippen LogP contribution is 2.22. The molecule has 31 heavy (non-hydrogen) atoms. The summed E-state index contributed by atoms with van der Waals surface area (Å²) in [6.07, 6.45) is 0. The predicted molar refractivity (Wildman–Crippen MR) is 119 cm³/mol. The van der Waals surface area contributed by atoms with Gasteiger partial charge in [-0.1, -0.05) is 18.2 Å². The number of carbonyl (C=O) groups excluding carboxylic acids is 3. The number of aryl methyl sites for hydroxylation is 2. The molecular weight excluding hydrogens is 394 g/mol. The van der Waals surface area contributed by atoms with Crippen LogP contribution in [0.5, 0.6) is 0 Å². The van der Waals surface area contributed by atoms with Gasteiger partial charge >= 0.3 is 5.97 Å². The number of hydrogen-bond acceptors (Lipinski definition) is 4. The van der Waals surface area contributed by atoms with E-state index in [4.69, 9.17) is 4.74 Å². The SMILES string of the molecule is CNC(=O)c1cccc(NC(=O)COC(=O)c2cc(C)n(-c3cccc(C)c3)c2C)c1. The van der Waals surface area contributed by atoms with E-state index in [-0.39, 0.29) is 5.91 Å². The normalized spacial score (nSPS) is 10.5. The molecule has 1 heterocycles. The summed E-state index contributed by atoms with van der Waals surface area (Å²) in [4.78, 5) is 36.5. The minimum Gasteiger partial charge on any atom is -0.452 e. The molecule has 0 saturated carbocycles. The van der Waals surface area contributed by atoms with Crippen LogP contribution in [0.25, 0.3) is 5.69 Å². The van der Waals surface area contributed by atoms with Gasteiger partial charge in [0.2, 0.25) is 0 Å². The van der Waals surface area contributed by atoms with Gasteiger partial charge in [-0.15, -0.1) is 0 Å². The lowest BCUT2D eigenvalue weighted by Crippen LogP contribution is -2.22. The number of hydrogen-bond donors (Lipinski definition) is 2. The molecule has 1 aromatic heterocycles. The van der Waals surface area contributed by atoms with Gasteiger partial charge in [0, 0.05) is 35.4 Å². The Morgan fingerprint density at radius 2 is 1.71 bits per heavy atom. The second-order valence-electron chi connectivity index (χ2n) is 7.24. The van der Waals surface area contributed by atoms with Crippen molar-refractivity contribution in [1.29, 1.82) is 0 Å². The van der Waals surface area contributed by atoms with E-state index in [1.54, 1.807) is 30.3 Å². The summed E-state index contributed by atoms with van der Waals surface area (Å²) in [5.74, 6) is -1.32. The van der Waals surface area contributed by atoms with Gasteiger partial charge in [0.15, 0.2) is 6.61 Å². The number of aromatic nitrogens is 1. The second-order valence-corrected chi connectivity index (χ2v) is 7.24. The number of carbonyl (C=O) groups is 3. The minimum absolute atomic E-state index is 0.258. The maximum absolute atomic E-state index is 12.6. The smallest absolute Gasteiger partial charge is 0.340 e. The van der Waals surface area contributed by atoms with Gasteiger partial charge < -0.3 is 19.9 Å². The number of rotatable bonds is 6. The van der Waals surface area contributed by atoms with E-state index < -0.39 is 18.5 Å². The Labute approximate surface area is 181 Å². The minimum atomic E-state index is -0.568. The highest BCUT2D eigenvalue weighted by molar-refractivity contribution is 5.98. The first-order valence-corrected chi connectivity index (χ1v) is 9.85. The molecule has 0 fully saturated rings. The second kappa shape index (κ2) is 9.30. The lowest BCUT2D eigenvalue weighted by atomic mass is 10.2. The molecular formula is C24H25N3O4. The standard InChI is InChI=1S/C24H25N3O4/c1-15-7-5-10-20(11-15)27-16(2)12-21(17(27)3)24(30)31-14-22(28)26-19-9-6-8-18(13-19)23(29)25-4/h5-13H,14H2,1-4H3,(H,25,29)(H,26,28). The Hall–Kier alpha value is -3.87. The van der Waals surface area contributed by atoms with E-state index in [2.05, 4.69) is 10.6 Å². The monoisotopic (exact) mass is 419 g/mol. The van der Waals surface area contributed by atoms with Crippen LogP contribution in [0.4, 0.5) is 5.69 Å². The molecule has 0 radical (unpaired) electrons. The predicted octanol–water partition coefficient (Wildman–Crippen LogP) is 3.56. The number of benzene rings is 2. The van der Waals surface area contributed by atoms with Crippen LogP contribution in [0, 0.1) is 20.8 Å². The summed E-state index contributed by atoms with van der Waals surface area (Å²) in [6.45, 7) is 5.33. The number of anilines is 1. The van der Waals surface area contributed by atoms with Crippen LogP contribution in [0.1, 0.15) is 37.7 Å². The van der Waals surface area contributed by atoms with Crippen molar-refractivity contribution in [3.8, 4) is 5.69 Å². The fourth-order valence-corrected chi connectivity index (χ4v) is 3.42. The molecule has 0 spiro atoms. The fourth-order valence-electron chi connectivity index (χ4n) is 3.42. The zero-order valence-corrected chi connectivity index (χ0v) is 18.0. The fraction of sp³-hybridized carbons (Fsp3) is 0.208. The van der Waals surface area contributed by atoms with Gasteiger partial charge in [0.1, 0.15) is 0 Å². The summed E-state index contributed by atoms with van der Waals surface area (Å²) in [7, 11) is 1.53. The van der Waals surface area contributed by atoms with Gasteiger partial charge in [-0.2, -0.15) is 0 Å². The van der Waals surface area contributed by atoms with Crippen LogP contribution in [-0.4, -0.2) is 36.0 Å². The van der Waals surface area contributed by atoms with Crippen molar-refractivity contribution in [3.63, 3.8) is 0 Å².